The summed E-state index contributed by atoms with van der Waals surface area (Å²) in [6.45, 7) is 5.96. The van der Waals surface area contributed by atoms with Gasteiger partial charge in [0.15, 0.2) is 5.82 Å². The second kappa shape index (κ2) is 9.37. The van der Waals surface area contributed by atoms with Crippen molar-refractivity contribution >= 4 is 17.9 Å². The van der Waals surface area contributed by atoms with E-state index >= 15 is 0 Å². The lowest BCUT2D eigenvalue weighted by atomic mass is 10.0. The van der Waals surface area contributed by atoms with E-state index in [9.17, 15) is 4.79 Å². The summed E-state index contributed by atoms with van der Waals surface area (Å²) in [7, 11) is 0. The zero-order valence-electron chi connectivity index (χ0n) is 17.9. The van der Waals surface area contributed by atoms with Crippen molar-refractivity contribution in [1.82, 2.24) is 10.1 Å². The van der Waals surface area contributed by atoms with Crippen LogP contribution in [0.15, 0.2) is 34.4 Å². The van der Waals surface area contributed by atoms with Gasteiger partial charge in [0.2, 0.25) is 0 Å². The fourth-order valence-electron chi connectivity index (χ4n) is 4.18. The van der Waals surface area contributed by atoms with Crippen LogP contribution in [0.2, 0.25) is 0 Å². The summed E-state index contributed by atoms with van der Waals surface area (Å²) in [6.07, 6.45) is 9.25. The van der Waals surface area contributed by atoms with Gasteiger partial charge in [-0.3, -0.25) is 5.32 Å². The molecule has 30 heavy (non-hydrogen) atoms. The lowest BCUT2D eigenvalue weighted by molar-refractivity contribution is 0.207. The van der Waals surface area contributed by atoms with E-state index < -0.39 is 0 Å². The molecule has 0 unspecified atom stereocenters. The van der Waals surface area contributed by atoms with Gasteiger partial charge in [0.05, 0.1) is 6.61 Å². The van der Waals surface area contributed by atoms with Crippen molar-refractivity contribution in [3.8, 4) is 5.75 Å². The Labute approximate surface area is 178 Å². The van der Waals surface area contributed by atoms with Gasteiger partial charge in [-0.2, -0.15) is 0 Å². The van der Waals surface area contributed by atoms with Crippen LogP contribution in [0.1, 0.15) is 55.4 Å². The normalized spacial score (nSPS) is 17.3. The fourth-order valence-corrected chi connectivity index (χ4v) is 4.18. The molecule has 2 aliphatic rings. The minimum Gasteiger partial charge on any atom is -0.493 e. The van der Waals surface area contributed by atoms with Crippen LogP contribution in [0.3, 0.4) is 0 Å². The number of hydrogen-bond acceptors (Lipinski definition) is 4. The molecule has 0 bridgehead atoms. The standard InChI is InChI=1S/C24H31N3O3/c1-17-18(2)30-26-23(17)25-24(28)27-12-10-19(11-13-27)14-21-8-5-9-22(15-21)29-16-20-6-3-4-7-20/h5,8-9,14-15,20H,3-4,6-7,10-13,16H2,1-2H3,(H,25,26,28). The smallest absolute Gasteiger partial charge is 0.323 e. The molecule has 6 nitrogen and oxygen atoms in total. The van der Waals surface area contributed by atoms with E-state index in [1.807, 2.05) is 24.8 Å². The maximum Gasteiger partial charge on any atom is 0.323 e. The van der Waals surface area contributed by atoms with E-state index in [-0.39, 0.29) is 6.03 Å². The summed E-state index contributed by atoms with van der Waals surface area (Å²) >= 11 is 0. The van der Waals surface area contributed by atoms with E-state index in [2.05, 4.69) is 34.7 Å². The van der Waals surface area contributed by atoms with Gasteiger partial charge in [-0.05, 0) is 63.1 Å². The number of anilines is 1. The molecule has 2 fully saturated rings. The number of piperidine rings is 1. The molecule has 1 saturated carbocycles. The third-order valence-corrected chi connectivity index (χ3v) is 6.26. The molecule has 1 aromatic carbocycles. The van der Waals surface area contributed by atoms with E-state index in [0.717, 1.165) is 36.5 Å². The SMILES string of the molecule is Cc1onc(NC(=O)N2CCC(=Cc3cccc(OCC4CCCC4)c3)CC2)c1C. The Hall–Kier alpha value is -2.76. The number of ether oxygens (including phenoxy) is 1. The predicted octanol–water partition coefficient (Wildman–Crippen LogP) is 5.57. The van der Waals surface area contributed by atoms with Crippen molar-refractivity contribution in [2.24, 2.45) is 5.92 Å². The molecule has 0 radical (unpaired) electrons. The van der Waals surface area contributed by atoms with Gasteiger partial charge in [-0.25, -0.2) is 4.79 Å². The van der Waals surface area contributed by atoms with E-state index in [1.54, 1.807) is 0 Å². The number of carbonyl (C=O) groups excluding carboxylic acids is 1. The van der Waals surface area contributed by atoms with Crippen molar-refractivity contribution in [2.45, 2.75) is 52.4 Å². The fraction of sp³-hybridized carbons (Fsp3) is 0.500. The van der Waals surface area contributed by atoms with Crippen LogP contribution in [-0.4, -0.2) is 35.8 Å². The van der Waals surface area contributed by atoms with E-state index in [1.165, 1.54) is 36.8 Å². The number of aromatic nitrogens is 1. The van der Waals surface area contributed by atoms with Crippen LogP contribution in [0.4, 0.5) is 10.6 Å². The van der Waals surface area contributed by atoms with Crippen molar-refractivity contribution in [1.29, 1.82) is 0 Å². The topological polar surface area (TPSA) is 67.6 Å². The summed E-state index contributed by atoms with van der Waals surface area (Å²) < 4.78 is 11.2. The van der Waals surface area contributed by atoms with E-state index in [0.29, 0.717) is 24.8 Å². The highest BCUT2D eigenvalue weighted by molar-refractivity contribution is 5.89. The average molecular weight is 410 g/mol. The van der Waals surface area contributed by atoms with Gasteiger partial charge in [-0.15, -0.1) is 0 Å². The molecule has 1 N–H and O–H groups in total. The molecule has 160 valence electrons. The Bertz CT molecular complexity index is 902. The lowest BCUT2D eigenvalue weighted by Gasteiger charge is -2.28. The largest absolute Gasteiger partial charge is 0.493 e. The average Bonchev–Trinajstić information content (AvgIpc) is 3.39. The summed E-state index contributed by atoms with van der Waals surface area (Å²) in [5.74, 6) is 2.90. The van der Waals surface area contributed by atoms with Crippen LogP contribution in [0.25, 0.3) is 6.08 Å². The van der Waals surface area contributed by atoms with Gasteiger partial charge < -0.3 is 14.2 Å². The first-order chi connectivity index (χ1) is 14.6. The first-order valence-corrected chi connectivity index (χ1v) is 11.0. The van der Waals surface area contributed by atoms with Crippen LogP contribution >= 0.6 is 0 Å². The Kier molecular flexibility index (Phi) is 6.41. The second-order valence-corrected chi connectivity index (χ2v) is 8.47. The number of nitrogens with one attached hydrogen (secondary N) is 1. The molecule has 2 heterocycles. The van der Waals surface area contributed by atoms with Gasteiger partial charge in [0.25, 0.3) is 0 Å². The highest BCUT2D eigenvalue weighted by Crippen LogP contribution is 2.27. The number of benzene rings is 1. The molecule has 1 aliphatic carbocycles. The second-order valence-electron chi connectivity index (χ2n) is 8.47. The Balaban J connectivity index is 1.29. The Morgan fingerprint density at radius 1 is 1.27 bits per heavy atom. The zero-order chi connectivity index (χ0) is 20.9. The van der Waals surface area contributed by atoms with Gasteiger partial charge in [0.1, 0.15) is 11.5 Å². The number of nitrogens with zero attached hydrogens (tertiary/aromatic N) is 2. The predicted molar refractivity (Wildman–Crippen MR) is 118 cm³/mol. The molecule has 6 heteroatoms. The van der Waals surface area contributed by atoms with Crippen LogP contribution in [0, 0.1) is 19.8 Å². The van der Waals surface area contributed by atoms with Crippen LogP contribution < -0.4 is 10.1 Å². The molecule has 2 amide bonds. The molecular weight excluding hydrogens is 378 g/mol. The number of hydrogen-bond donors (Lipinski definition) is 1. The van der Waals surface area contributed by atoms with Crippen molar-refractivity contribution in [3.63, 3.8) is 0 Å². The third kappa shape index (κ3) is 5.04. The molecule has 1 saturated heterocycles. The van der Waals surface area contributed by atoms with Crippen LogP contribution in [-0.2, 0) is 0 Å². The maximum absolute atomic E-state index is 12.5. The molecule has 1 aromatic heterocycles. The number of likely N-dealkylation sites (tertiary alicyclic amines) is 1. The molecule has 1 aliphatic heterocycles. The van der Waals surface area contributed by atoms with Gasteiger partial charge in [-0.1, -0.05) is 41.8 Å². The summed E-state index contributed by atoms with van der Waals surface area (Å²) in [5, 5.41) is 6.77. The summed E-state index contributed by atoms with van der Waals surface area (Å²) in [6, 6.07) is 8.22. The third-order valence-electron chi connectivity index (χ3n) is 6.26. The molecule has 2 aromatic rings. The number of urea groups is 1. The number of aryl methyl sites for hydroxylation is 1. The molecule has 0 atom stereocenters. The molecule has 4 rings (SSSR count). The summed E-state index contributed by atoms with van der Waals surface area (Å²) in [5.41, 5.74) is 3.40. The lowest BCUT2D eigenvalue weighted by Crippen LogP contribution is -2.39. The number of rotatable bonds is 5. The van der Waals surface area contributed by atoms with Crippen molar-refractivity contribution in [2.75, 3.05) is 25.0 Å². The number of carbonyl (C=O) groups is 1. The molecular formula is C24H31N3O3. The minimum absolute atomic E-state index is 0.118. The van der Waals surface area contributed by atoms with E-state index in [4.69, 9.17) is 9.26 Å². The highest BCUT2D eigenvalue weighted by atomic mass is 16.5. The quantitative estimate of drug-likeness (QED) is 0.701. The first kappa shape index (κ1) is 20.5. The Morgan fingerprint density at radius 2 is 2.03 bits per heavy atom. The van der Waals surface area contributed by atoms with Gasteiger partial charge in [0, 0.05) is 18.7 Å². The zero-order valence-corrected chi connectivity index (χ0v) is 17.9. The monoisotopic (exact) mass is 409 g/mol. The first-order valence-electron chi connectivity index (χ1n) is 11.0. The van der Waals surface area contributed by atoms with Gasteiger partial charge >= 0.3 is 6.03 Å². The Morgan fingerprint density at radius 3 is 2.73 bits per heavy atom. The molecule has 0 spiro atoms. The minimum atomic E-state index is -0.118. The number of amides is 2. The van der Waals surface area contributed by atoms with Crippen LogP contribution in [0.5, 0.6) is 5.75 Å². The van der Waals surface area contributed by atoms with Crippen molar-refractivity contribution in [3.05, 3.63) is 46.7 Å². The highest BCUT2D eigenvalue weighted by Gasteiger charge is 2.21. The summed E-state index contributed by atoms with van der Waals surface area (Å²) in [4.78, 5) is 14.4. The maximum atomic E-state index is 12.5. The van der Waals surface area contributed by atoms with Crippen molar-refractivity contribution < 1.29 is 14.1 Å².